The van der Waals surface area contributed by atoms with Gasteiger partial charge in [0.2, 0.25) is 0 Å². The third kappa shape index (κ3) is 3.41. The van der Waals surface area contributed by atoms with E-state index in [1.54, 1.807) is 48.5 Å². The van der Waals surface area contributed by atoms with Gasteiger partial charge in [0.1, 0.15) is 11.6 Å². The van der Waals surface area contributed by atoms with E-state index < -0.39 is 17.4 Å². The van der Waals surface area contributed by atoms with Gasteiger partial charge in [0.05, 0.1) is 35.7 Å². The first-order chi connectivity index (χ1) is 19.1. The number of nitriles is 1. The number of aromatic nitrogens is 2. The number of anilines is 2. The number of hydrogen-bond acceptors (Lipinski definition) is 5. The van der Waals surface area contributed by atoms with Gasteiger partial charge in [-0.1, -0.05) is 35.3 Å². The summed E-state index contributed by atoms with van der Waals surface area (Å²) in [5.74, 6) is 0.0337. The van der Waals surface area contributed by atoms with Gasteiger partial charge in [-0.15, -0.1) is 0 Å². The van der Waals surface area contributed by atoms with E-state index in [-0.39, 0.29) is 11.7 Å². The number of aryl methyl sites for hydroxylation is 1. The van der Waals surface area contributed by atoms with E-state index >= 15 is 0 Å². The summed E-state index contributed by atoms with van der Waals surface area (Å²) in [6, 6.07) is 17.3. The Morgan fingerprint density at radius 3 is 2.48 bits per heavy atom. The molecular weight excluding hydrogens is 549 g/mol. The van der Waals surface area contributed by atoms with Crippen molar-refractivity contribution in [3.63, 3.8) is 0 Å². The number of amides is 2. The van der Waals surface area contributed by atoms with Crippen molar-refractivity contribution in [3.8, 4) is 23.2 Å². The molecular formula is C30H23Cl2N5O3. The van der Waals surface area contributed by atoms with Crippen LogP contribution in [0.2, 0.25) is 10.0 Å². The minimum atomic E-state index is -1.59. The number of nitrogens with zero attached hydrogens (tertiary/aromatic N) is 4. The maximum atomic E-state index is 14.4. The van der Waals surface area contributed by atoms with E-state index in [1.807, 2.05) is 31.4 Å². The zero-order valence-electron chi connectivity index (χ0n) is 22.0. The number of benzene rings is 3. The predicted octanol–water partition coefficient (Wildman–Crippen LogP) is 6.48. The monoisotopic (exact) mass is 571 g/mol. The lowest BCUT2D eigenvalue weighted by Gasteiger charge is -2.36. The highest BCUT2D eigenvalue weighted by Crippen LogP contribution is 2.55. The fourth-order valence-electron chi connectivity index (χ4n) is 5.77. The van der Waals surface area contributed by atoms with Gasteiger partial charge in [-0.25, -0.2) is 4.98 Å². The van der Waals surface area contributed by atoms with Crippen molar-refractivity contribution in [1.29, 1.82) is 5.26 Å². The first kappa shape index (κ1) is 25.9. The van der Waals surface area contributed by atoms with Crippen molar-refractivity contribution >= 4 is 46.4 Å². The number of fused-ring (bicyclic) bond motifs is 4. The highest BCUT2D eigenvalue weighted by atomic mass is 35.5. The second-order valence-corrected chi connectivity index (χ2v) is 10.9. The molecule has 200 valence electrons. The predicted molar refractivity (Wildman–Crippen MR) is 153 cm³/mol. The molecule has 0 unspecified atom stereocenters. The largest absolute Gasteiger partial charge is 0.496 e. The van der Waals surface area contributed by atoms with Crippen LogP contribution in [-0.4, -0.2) is 28.5 Å². The van der Waals surface area contributed by atoms with E-state index in [0.29, 0.717) is 55.4 Å². The standard InChI is InChI=1S/C30H23Cl2N5O3/c1-15(2)36-26-25(35-27(36)20-9-6-17(14-33)11-24(20)40-4)28(38)37(23-13-19(32)7-5-16(23)3)30(26)21-10-8-18(31)12-22(21)34-29(30)39/h5-13,15H,1-4H3,(H,34,39)/t30-/m0/s1. The van der Waals surface area contributed by atoms with Gasteiger partial charge in [0.15, 0.2) is 11.2 Å². The Labute approximate surface area is 240 Å². The van der Waals surface area contributed by atoms with Crippen molar-refractivity contribution < 1.29 is 14.3 Å². The summed E-state index contributed by atoms with van der Waals surface area (Å²) in [4.78, 5) is 35.1. The average molecular weight is 572 g/mol. The lowest BCUT2D eigenvalue weighted by molar-refractivity contribution is -0.119. The van der Waals surface area contributed by atoms with Crippen LogP contribution >= 0.6 is 23.2 Å². The molecule has 1 aromatic heterocycles. The molecule has 4 aromatic rings. The first-order valence-electron chi connectivity index (χ1n) is 12.6. The molecule has 0 bridgehead atoms. The topological polar surface area (TPSA) is 100 Å². The summed E-state index contributed by atoms with van der Waals surface area (Å²) in [6.45, 7) is 5.79. The molecule has 3 heterocycles. The van der Waals surface area contributed by atoms with E-state index in [2.05, 4.69) is 11.4 Å². The van der Waals surface area contributed by atoms with Crippen molar-refractivity contribution in [2.45, 2.75) is 32.4 Å². The number of halogens is 2. The Kier molecular flexibility index (Phi) is 5.91. The molecule has 0 radical (unpaired) electrons. The Bertz CT molecular complexity index is 1810. The third-order valence-electron chi connectivity index (χ3n) is 7.44. The second-order valence-electron chi connectivity index (χ2n) is 10.0. The summed E-state index contributed by atoms with van der Waals surface area (Å²) in [6.07, 6.45) is 0. The first-order valence-corrected chi connectivity index (χ1v) is 13.3. The molecule has 8 nitrogen and oxygen atoms in total. The lowest BCUT2D eigenvalue weighted by atomic mass is 9.86. The fraction of sp³-hybridized carbons (Fsp3) is 0.200. The highest BCUT2D eigenvalue weighted by Gasteiger charge is 2.64. The van der Waals surface area contributed by atoms with Crippen LogP contribution in [0, 0.1) is 18.3 Å². The molecule has 1 N–H and O–H groups in total. The summed E-state index contributed by atoms with van der Waals surface area (Å²) < 4.78 is 7.53. The number of nitrogens with one attached hydrogen (secondary N) is 1. The average Bonchev–Trinajstić information content (AvgIpc) is 3.53. The zero-order valence-corrected chi connectivity index (χ0v) is 23.6. The van der Waals surface area contributed by atoms with Crippen molar-refractivity contribution in [2.24, 2.45) is 0 Å². The smallest absolute Gasteiger partial charge is 0.280 e. The van der Waals surface area contributed by atoms with Gasteiger partial charge < -0.3 is 14.6 Å². The van der Waals surface area contributed by atoms with Crippen LogP contribution < -0.4 is 15.0 Å². The molecule has 2 aliphatic rings. The van der Waals surface area contributed by atoms with Crippen LogP contribution in [-0.2, 0) is 10.3 Å². The summed E-state index contributed by atoms with van der Waals surface area (Å²) in [7, 11) is 1.51. The van der Waals surface area contributed by atoms with Crippen LogP contribution in [0.5, 0.6) is 5.75 Å². The SMILES string of the molecule is COc1cc(C#N)ccc1-c1nc2c(n1C(C)C)[C@@]1(C(=O)Nc3cc(Cl)ccc31)N(c1cc(Cl)ccc1C)C2=O. The fourth-order valence-corrected chi connectivity index (χ4v) is 6.11. The second kappa shape index (κ2) is 9.12. The van der Waals surface area contributed by atoms with Crippen LogP contribution in [0.4, 0.5) is 11.4 Å². The summed E-state index contributed by atoms with van der Waals surface area (Å²) >= 11 is 12.7. The summed E-state index contributed by atoms with van der Waals surface area (Å²) in [5, 5.41) is 13.3. The van der Waals surface area contributed by atoms with Gasteiger partial charge in [-0.2, -0.15) is 5.26 Å². The minimum absolute atomic E-state index is 0.146. The molecule has 6 rings (SSSR count). The van der Waals surface area contributed by atoms with Gasteiger partial charge in [0.25, 0.3) is 11.8 Å². The van der Waals surface area contributed by atoms with Crippen LogP contribution in [0.25, 0.3) is 11.4 Å². The van der Waals surface area contributed by atoms with Crippen LogP contribution in [0.1, 0.15) is 52.8 Å². The number of imidazole rings is 1. The number of methoxy groups -OCH3 is 1. The molecule has 1 atom stereocenters. The molecule has 10 heteroatoms. The molecule has 3 aromatic carbocycles. The van der Waals surface area contributed by atoms with Crippen molar-refractivity contribution in [1.82, 2.24) is 9.55 Å². The highest BCUT2D eigenvalue weighted by molar-refractivity contribution is 6.32. The van der Waals surface area contributed by atoms with Gasteiger partial charge >= 0.3 is 0 Å². The number of ether oxygens (including phenoxy) is 1. The molecule has 0 fully saturated rings. The lowest BCUT2D eigenvalue weighted by Crippen LogP contribution is -2.51. The number of carbonyl (C=O) groups excluding carboxylic acids is 2. The Hall–Kier alpha value is -4.32. The zero-order chi connectivity index (χ0) is 28.5. The maximum Gasteiger partial charge on any atom is 0.280 e. The Morgan fingerprint density at radius 1 is 1.05 bits per heavy atom. The maximum absolute atomic E-state index is 14.4. The molecule has 0 saturated heterocycles. The molecule has 1 spiro atoms. The minimum Gasteiger partial charge on any atom is -0.496 e. The Balaban J connectivity index is 1.73. The number of hydrogen-bond donors (Lipinski definition) is 1. The van der Waals surface area contributed by atoms with E-state index in [0.717, 1.165) is 5.56 Å². The third-order valence-corrected chi connectivity index (χ3v) is 7.91. The van der Waals surface area contributed by atoms with Gasteiger partial charge in [-0.3, -0.25) is 14.5 Å². The number of rotatable bonds is 4. The van der Waals surface area contributed by atoms with Crippen molar-refractivity contribution in [3.05, 3.63) is 92.7 Å². The van der Waals surface area contributed by atoms with E-state index in [4.69, 9.17) is 32.9 Å². The molecule has 2 aliphatic heterocycles. The molecule has 0 saturated carbocycles. The summed E-state index contributed by atoms with van der Waals surface area (Å²) in [5.41, 5.74) is 2.37. The van der Waals surface area contributed by atoms with Gasteiger partial charge in [0, 0.05) is 27.3 Å². The molecule has 2 amide bonds. The molecule has 0 aliphatic carbocycles. The van der Waals surface area contributed by atoms with Crippen molar-refractivity contribution in [2.75, 3.05) is 17.3 Å². The molecule has 40 heavy (non-hydrogen) atoms. The Morgan fingerprint density at radius 2 is 1.77 bits per heavy atom. The number of carbonyl (C=O) groups is 2. The normalized spacial score (nSPS) is 17.3. The van der Waals surface area contributed by atoms with Crippen LogP contribution in [0.15, 0.2) is 54.6 Å². The van der Waals surface area contributed by atoms with Crippen LogP contribution in [0.3, 0.4) is 0 Å². The quantitative estimate of drug-likeness (QED) is 0.302. The van der Waals surface area contributed by atoms with E-state index in [1.165, 1.54) is 12.0 Å². The van der Waals surface area contributed by atoms with Gasteiger partial charge in [-0.05, 0) is 68.8 Å². The van der Waals surface area contributed by atoms with E-state index in [9.17, 15) is 14.9 Å².